The molecule has 3 fully saturated rings. The van der Waals surface area contributed by atoms with Gasteiger partial charge < -0.3 is 28.8 Å². The van der Waals surface area contributed by atoms with E-state index in [4.69, 9.17) is 23.7 Å². The highest BCUT2D eigenvalue weighted by atomic mass is 127. The molecule has 0 spiro atoms. The standard InChI is InChI=1S/C14H21IO6/c1-13(2)17-6-8(19-13)10-12-11(20-14(3,4)21-12)9(16)7(5-15)18-10/h5,8-12,16H,6H2,1-4H3/b7-5-/t8-,9+,10+,11+,12-/m0/s1. The van der Waals surface area contributed by atoms with E-state index in [2.05, 4.69) is 0 Å². The van der Waals surface area contributed by atoms with Gasteiger partial charge in [0, 0.05) is 4.08 Å². The van der Waals surface area contributed by atoms with Crippen molar-refractivity contribution >= 4 is 22.6 Å². The minimum absolute atomic E-state index is 0.260. The van der Waals surface area contributed by atoms with Crippen molar-refractivity contribution in [2.45, 2.75) is 69.8 Å². The molecule has 0 aliphatic carbocycles. The SMILES string of the molecule is CC1(C)O[C@H]2[C@@H]([C@@H]3COC(C)(C)O3)O/C(=C\I)[C@@H](O)[C@H]2O1. The van der Waals surface area contributed by atoms with Crippen molar-refractivity contribution in [1.82, 2.24) is 0 Å². The van der Waals surface area contributed by atoms with Crippen LogP contribution in [-0.4, -0.2) is 53.8 Å². The van der Waals surface area contributed by atoms with E-state index >= 15 is 0 Å². The summed E-state index contributed by atoms with van der Waals surface area (Å²) in [7, 11) is 0. The minimum Gasteiger partial charge on any atom is -0.486 e. The molecule has 0 aromatic carbocycles. The molecular weight excluding hydrogens is 391 g/mol. The first-order chi connectivity index (χ1) is 9.72. The minimum atomic E-state index is -0.833. The fourth-order valence-electron chi connectivity index (χ4n) is 3.03. The second kappa shape index (κ2) is 5.31. The quantitative estimate of drug-likeness (QED) is 0.662. The van der Waals surface area contributed by atoms with Crippen molar-refractivity contribution < 1.29 is 28.8 Å². The van der Waals surface area contributed by atoms with Crippen LogP contribution in [0.4, 0.5) is 0 Å². The Morgan fingerprint density at radius 1 is 1.05 bits per heavy atom. The Morgan fingerprint density at radius 3 is 2.29 bits per heavy atom. The summed E-state index contributed by atoms with van der Waals surface area (Å²) >= 11 is 2.05. The van der Waals surface area contributed by atoms with Crippen molar-refractivity contribution in [3.8, 4) is 0 Å². The van der Waals surface area contributed by atoms with E-state index in [1.54, 1.807) is 4.08 Å². The summed E-state index contributed by atoms with van der Waals surface area (Å²) in [6.07, 6.45) is -2.32. The molecule has 21 heavy (non-hydrogen) atoms. The molecule has 0 radical (unpaired) electrons. The molecule has 0 saturated carbocycles. The van der Waals surface area contributed by atoms with E-state index in [1.165, 1.54) is 0 Å². The number of rotatable bonds is 1. The fourth-order valence-corrected chi connectivity index (χ4v) is 3.54. The summed E-state index contributed by atoms with van der Waals surface area (Å²) in [4.78, 5) is 0. The Balaban J connectivity index is 1.86. The van der Waals surface area contributed by atoms with Gasteiger partial charge in [0.05, 0.1) is 6.61 Å². The van der Waals surface area contributed by atoms with E-state index in [-0.39, 0.29) is 12.2 Å². The maximum atomic E-state index is 10.4. The van der Waals surface area contributed by atoms with Gasteiger partial charge in [0.1, 0.15) is 30.2 Å². The monoisotopic (exact) mass is 412 g/mol. The fraction of sp³-hybridized carbons (Fsp3) is 0.857. The van der Waals surface area contributed by atoms with Crippen LogP contribution in [0.15, 0.2) is 9.84 Å². The van der Waals surface area contributed by atoms with Gasteiger partial charge in [-0.2, -0.15) is 0 Å². The van der Waals surface area contributed by atoms with Crippen LogP contribution < -0.4 is 0 Å². The third-order valence-electron chi connectivity index (χ3n) is 3.87. The van der Waals surface area contributed by atoms with Crippen molar-refractivity contribution in [1.29, 1.82) is 0 Å². The van der Waals surface area contributed by atoms with E-state index in [0.29, 0.717) is 12.4 Å². The number of ether oxygens (including phenoxy) is 5. The van der Waals surface area contributed by atoms with Gasteiger partial charge in [-0.05, 0) is 50.3 Å². The van der Waals surface area contributed by atoms with Crippen molar-refractivity contribution in [3.05, 3.63) is 9.84 Å². The molecule has 3 aliphatic heterocycles. The molecule has 1 N–H and O–H groups in total. The van der Waals surface area contributed by atoms with Gasteiger partial charge in [-0.1, -0.05) is 0 Å². The first-order valence-corrected chi connectivity index (χ1v) is 8.29. The Bertz CT molecular complexity index is 449. The van der Waals surface area contributed by atoms with Crippen molar-refractivity contribution in [2.75, 3.05) is 6.61 Å². The van der Waals surface area contributed by atoms with E-state index < -0.39 is 29.9 Å². The first kappa shape index (κ1) is 15.9. The summed E-state index contributed by atoms with van der Waals surface area (Å²) in [5.74, 6) is -0.910. The number of halogens is 1. The average molecular weight is 412 g/mol. The number of aliphatic hydroxyl groups is 1. The van der Waals surface area contributed by atoms with E-state index in [1.807, 2.05) is 50.3 Å². The molecule has 0 aromatic rings. The summed E-state index contributed by atoms with van der Waals surface area (Å²) in [5, 5.41) is 10.4. The second-order valence-corrected chi connectivity index (χ2v) is 7.09. The lowest BCUT2D eigenvalue weighted by molar-refractivity contribution is -0.186. The lowest BCUT2D eigenvalue weighted by Crippen LogP contribution is -2.55. The van der Waals surface area contributed by atoms with Gasteiger partial charge in [0.2, 0.25) is 0 Å². The normalized spacial score (nSPS) is 46.4. The van der Waals surface area contributed by atoms with Crippen LogP contribution in [0.3, 0.4) is 0 Å². The number of aliphatic hydroxyl groups excluding tert-OH is 1. The van der Waals surface area contributed by atoms with Crippen LogP contribution in [0, 0.1) is 0 Å². The zero-order valence-corrected chi connectivity index (χ0v) is 14.7. The van der Waals surface area contributed by atoms with Gasteiger partial charge >= 0.3 is 0 Å². The second-order valence-electron chi connectivity index (χ2n) is 6.47. The lowest BCUT2D eigenvalue weighted by Gasteiger charge is -2.38. The maximum Gasteiger partial charge on any atom is 0.164 e. The predicted octanol–water partition coefficient (Wildman–Crippen LogP) is 1.69. The molecule has 3 rings (SSSR count). The molecule has 3 heterocycles. The molecule has 0 unspecified atom stereocenters. The highest BCUT2D eigenvalue weighted by Gasteiger charge is 2.57. The van der Waals surface area contributed by atoms with Crippen molar-refractivity contribution in [3.63, 3.8) is 0 Å². The zero-order chi connectivity index (χ0) is 15.4. The van der Waals surface area contributed by atoms with Gasteiger partial charge in [-0.15, -0.1) is 0 Å². The maximum absolute atomic E-state index is 10.4. The summed E-state index contributed by atoms with van der Waals surface area (Å²) in [6, 6.07) is 0. The molecule has 5 atom stereocenters. The largest absolute Gasteiger partial charge is 0.486 e. The molecular formula is C14H21IO6. The third kappa shape index (κ3) is 2.96. The molecule has 7 heteroatoms. The van der Waals surface area contributed by atoms with Gasteiger partial charge in [-0.25, -0.2) is 0 Å². The molecule has 0 amide bonds. The van der Waals surface area contributed by atoms with Crippen LogP contribution in [0.1, 0.15) is 27.7 Å². The van der Waals surface area contributed by atoms with Gasteiger partial charge in [-0.3, -0.25) is 0 Å². The summed E-state index contributed by atoms with van der Waals surface area (Å²) in [5.41, 5.74) is 0. The van der Waals surface area contributed by atoms with Crippen LogP contribution in [0.5, 0.6) is 0 Å². The van der Waals surface area contributed by atoms with Crippen LogP contribution in [0.2, 0.25) is 0 Å². The third-order valence-corrected chi connectivity index (χ3v) is 4.48. The van der Waals surface area contributed by atoms with Crippen LogP contribution >= 0.6 is 22.6 Å². The molecule has 120 valence electrons. The predicted molar refractivity (Wildman–Crippen MR) is 81.7 cm³/mol. The number of hydrogen-bond acceptors (Lipinski definition) is 6. The highest BCUT2D eigenvalue weighted by Crippen LogP contribution is 2.42. The summed E-state index contributed by atoms with van der Waals surface area (Å²) in [6.45, 7) is 7.83. The lowest BCUT2D eigenvalue weighted by atomic mass is 9.95. The Labute approximate surface area is 137 Å². The van der Waals surface area contributed by atoms with Crippen molar-refractivity contribution in [2.24, 2.45) is 0 Å². The van der Waals surface area contributed by atoms with E-state index in [9.17, 15) is 5.11 Å². The molecule has 0 aromatic heterocycles. The molecule has 0 bridgehead atoms. The van der Waals surface area contributed by atoms with Gasteiger partial charge in [0.15, 0.2) is 17.7 Å². The number of hydrogen-bond donors (Lipinski definition) is 1. The van der Waals surface area contributed by atoms with Gasteiger partial charge in [0.25, 0.3) is 0 Å². The zero-order valence-electron chi connectivity index (χ0n) is 12.5. The average Bonchev–Trinajstić information content (AvgIpc) is 2.89. The molecule has 6 nitrogen and oxygen atoms in total. The molecule has 3 saturated heterocycles. The summed E-state index contributed by atoms with van der Waals surface area (Å²) < 4.78 is 31.0. The van der Waals surface area contributed by atoms with E-state index in [0.717, 1.165) is 0 Å². The first-order valence-electron chi connectivity index (χ1n) is 7.05. The Kier molecular flexibility index (Phi) is 4.03. The number of fused-ring (bicyclic) bond motifs is 1. The Hall–Kier alpha value is 0.0700. The van der Waals surface area contributed by atoms with Crippen LogP contribution in [0.25, 0.3) is 0 Å². The Morgan fingerprint density at radius 2 is 1.71 bits per heavy atom. The highest BCUT2D eigenvalue weighted by molar-refractivity contribution is 14.1. The van der Waals surface area contributed by atoms with Crippen LogP contribution in [-0.2, 0) is 23.7 Å². The smallest absolute Gasteiger partial charge is 0.164 e. The topological polar surface area (TPSA) is 66.4 Å². The molecule has 3 aliphatic rings.